The molecule has 14 heteroatoms. The van der Waals surface area contributed by atoms with Gasteiger partial charge in [0.25, 0.3) is 0 Å². The number of esters is 2. The van der Waals surface area contributed by atoms with E-state index in [9.17, 15) is 40.5 Å². The maximum absolute atomic E-state index is 15.2. The Hall–Kier alpha value is -4.64. The van der Waals surface area contributed by atoms with E-state index in [1.807, 2.05) is 18.2 Å². The number of aryl methyl sites for hydroxylation is 1. The minimum absolute atomic E-state index is 0.0140. The molecule has 2 aliphatic heterocycles. The van der Waals surface area contributed by atoms with Crippen LogP contribution in [-0.2, 0) is 36.6 Å². The van der Waals surface area contributed by atoms with Gasteiger partial charge in [0.2, 0.25) is 5.79 Å². The molecule has 4 saturated carbocycles. The van der Waals surface area contributed by atoms with Crippen LogP contribution < -0.4 is 10.1 Å². The minimum atomic E-state index is -2.38. The molecular weight excluding hydrogens is 991 g/mol. The second-order valence-corrected chi connectivity index (χ2v) is 25.8. The van der Waals surface area contributed by atoms with E-state index in [0.29, 0.717) is 60.8 Å². The van der Waals surface area contributed by atoms with Crippen molar-refractivity contribution >= 4 is 18.0 Å². The van der Waals surface area contributed by atoms with Gasteiger partial charge in [-0.25, -0.2) is 4.79 Å². The van der Waals surface area contributed by atoms with Crippen LogP contribution >= 0.6 is 0 Å². The summed E-state index contributed by atoms with van der Waals surface area (Å²) in [7, 11) is 1.42. The van der Waals surface area contributed by atoms with Crippen LogP contribution in [0.1, 0.15) is 107 Å². The van der Waals surface area contributed by atoms with Crippen molar-refractivity contribution in [3.63, 3.8) is 0 Å². The van der Waals surface area contributed by atoms with Crippen molar-refractivity contribution in [3.8, 4) is 11.5 Å². The number of methoxy groups -OCH3 is 1. The Morgan fingerprint density at radius 3 is 2.53 bits per heavy atom. The molecule has 0 aromatic heterocycles. The van der Waals surface area contributed by atoms with Gasteiger partial charge >= 0.3 is 11.9 Å². The van der Waals surface area contributed by atoms with E-state index in [1.165, 1.54) is 19.3 Å². The zero-order valence-corrected chi connectivity index (χ0v) is 45.5. The molecule has 10 aliphatic carbocycles. The number of phenols is 1. The Kier molecular flexibility index (Phi) is 14.1. The average Bonchev–Trinajstić information content (AvgIpc) is 3.88. The van der Waals surface area contributed by atoms with Gasteiger partial charge < -0.3 is 60.0 Å². The molecule has 78 heavy (non-hydrogen) atoms. The van der Waals surface area contributed by atoms with Crippen LogP contribution in [0.25, 0.3) is 6.08 Å². The molecule has 22 atom stereocenters. The lowest BCUT2D eigenvalue weighted by molar-refractivity contribution is -0.333. The molecule has 1 saturated heterocycles. The second-order valence-electron chi connectivity index (χ2n) is 25.8. The third-order valence-corrected chi connectivity index (χ3v) is 21.8. The van der Waals surface area contributed by atoms with Crippen LogP contribution in [0.15, 0.2) is 90.6 Å². The highest BCUT2D eigenvalue weighted by molar-refractivity contribution is 5.94. The Bertz CT molecular complexity index is 2800. The van der Waals surface area contributed by atoms with Crippen LogP contribution in [0.2, 0.25) is 0 Å². The fourth-order valence-electron chi connectivity index (χ4n) is 18.8. The Morgan fingerprint density at radius 2 is 1.74 bits per heavy atom. The van der Waals surface area contributed by atoms with Crippen molar-refractivity contribution in [2.75, 3.05) is 26.9 Å². The van der Waals surface area contributed by atoms with Crippen LogP contribution in [-0.4, -0.2) is 123 Å². The summed E-state index contributed by atoms with van der Waals surface area (Å²) in [6, 6.07) is 9.96. The summed E-state index contributed by atoms with van der Waals surface area (Å²) in [5.74, 6) is -1.99. The number of nitrogens with one attached hydrogen (secondary N) is 1. The number of benzene rings is 2. The lowest BCUT2D eigenvalue weighted by Crippen LogP contribution is -2.72. The molecule has 14 nitrogen and oxygen atoms in total. The lowest BCUT2D eigenvalue weighted by Gasteiger charge is -2.76. The van der Waals surface area contributed by atoms with E-state index in [4.69, 9.17) is 18.9 Å². The second kappa shape index (κ2) is 20.4. The molecule has 0 unspecified atom stereocenters. The first-order chi connectivity index (χ1) is 37.5. The van der Waals surface area contributed by atoms with Crippen molar-refractivity contribution in [2.45, 2.75) is 146 Å². The number of phenolic OH excluding ortho intramolecular Hbond substituents is 1. The van der Waals surface area contributed by atoms with Gasteiger partial charge in [0.1, 0.15) is 12.2 Å². The SMILES string of the molecule is COc1cc(/C=C(\C[C@@H]2c3cc(CCO)ccc3CC[C@@H]2CO)C(=O)O[C@@H]2[C@H](OC(=O)CC[C@@H]3[C@@H]4C=C[C@]56C[C@@]78C=C[C@@H](C[C@H](C)[C@H]7[C@@H]7C=C[C@]35[C@H](CC[C@@H]6[C@@H]4C)[C@@H]7O)C8)[C@@H](O)[C@H]3O[C@]2(O)C=C[C@@H]3NC[C@H](C)O)ccc1O. The highest BCUT2D eigenvalue weighted by Gasteiger charge is 2.75. The summed E-state index contributed by atoms with van der Waals surface area (Å²) < 4.78 is 24.5. The predicted octanol–water partition coefficient (Wildman–Crippen LogP) is 6.63. The minimum Gasteiger partial charge on any atom is -0.504 e. The molecule has 0 radical (unpaired) electrons. The first kappa shape index (κ1) is 54.0. The number of rotatable bonds is 16. The van der Waals surface area contributed by atoms with E-state index >= 15 is 4.79 Å². The van der Waals surface area contributed by atoms with E-state index in [0.717, 1.165) is 48.8 Å². The molecule has 2 heterocycles. The smallest absolute Gasteiger partial charge is 0.334 e. The average molecular weight is 1070 g/mol. The molecule has 5 fully saturated rings. The fraction of sp³-hybridized carbons (Fsp3) is 0.625. The number of ether oxygens (including phenoxy) is 4. The lowest BCUT2D eigenvalue weighted by atomic mass is 9.28. The number of allylic oxidation sites excluding steroid dienone is 5. The van der Waals surface area contributed by atoms with Crippen LogP contribution in [0.5, 0.6) is 11.5 Å². The third-order valence-electron chi connectivity index (χ3n) is 21.8. The molecule has 2 aromatic rings. The molecule has 420 valence electrons. The van der Waals surface area contributed by atoms with Gasteiger partial charge in [0.05, 0.1) is 25.4 Å². The van der Waals surface area contributed by atoms with Crippen molar-refractivity contribution in [1.29, 1.82) is 0 Å². The zero-order valence-electron chi connectivity index (χ0n) is 45.5. The highest BCUT2D eigenvalue weighted by atomic mass is 16.7. The van der Waals surface area contributed by atoms with Crippen molar-refractivity contribution in [3.05, 3.63) is 113 Å². The Labute approximate surface area is 458 Å². The molecule has 2 aromatic carbocycles. The number of carbonyl (C=O) groups excluding carboxylic acids is 2. The Morgan fingerprint density at radius 1 is 0.936 bits per heavy atom. The number of aliphatic hydroxyl groups is 6. The number of hydrogen-bond acceptors (Lipinski definition) is 14. The first-order valence-electron chi connectivity index (χ1n) is 29.2. The van der Waals surface area contributed by atoms with Gasteiger partial charge in [0, 0.05) is 48.5 Å². The maximum atomic E-state index is 15.2. The molecule has 3 spiro atoms. The van der Waals surface area contributed by atoms with Crippen molar-refractivity contribution < 1.29 is 64.3 Å². The summed E-state index contributed by atoms with van der Waals surface area (Å²) in [6.45, 7) is 6.34. The number of hydrogen-bond donors (Lipinski definition) is 8. The monoisotopic (exact) mass is 1070 g/mol. The van der Waals surface area contributed by atoms with E-state index < -0.39 is 60.4 Å². The number of aliphatic hydroxyl groups excluding tert-OH is 5. The van der Waals surface area contributed by atoms with Crippen molar-refractivity contribution in [1.82, 2.24) is 5.32 Å². The summed E-state index contributed by atoms with van der Waals surface area (Å²) >= 11 is 0. The standard InChI is InChI=1S/C64H81NO13/c1-34-25-39-15-20-61(30-39)33-62-21-16-43-36(3)47(62)10-11-49-55(71)44(54(34)61)17-22-63(49,62)48(43)12-14-53(70)76-58-56(72)57-50(65-31-35(2)68)18-23-64(74,78-57)59(58)77-60(73)42(26-38-6-13-51(69)52(28-38)75-4)29-46-41(32-67)9-8-40-7-5-37(19-24-66)27-45(40)46/h5-7,13,15-18,20-23,26-28,34-36,39,41,43-44,46-50,54-59,65-69,71-72,74H,8-12,14,19,24-25,29-33H2,1-4H3/b42-26+/t34-,35-,36+,39-,41+,43+,44-,46-,47+,48+,49+,50-,54-,55+,56-,57-,58+,59+,61-,62+,63+,64+/m0/s1. The molecule has 10 bridgehead atoms. The fourth-order valence-corrected chi connectivity index (χ4v) is 18.8. The number of carbonyl (C=O) groups is 2. The summed E-state index contributed by atoms with van der Waals surface area (Å²) in [4.78, 5) is 30.2. The van der Waals surface area contributed by atoms with Gasteiger partial charge in [-0.1, -0.05) is 80.6 Å². The van der Waals surface area contributed by atoms with Gasteiger partial charge in [-0.2, -0.15) is 0 Å². The van der Waals surface area contributed by atoms with Crippen LogP contribution in [0.3, 0.4) is 0 Å². The first-order valence-corrected chi connectivity index (χ1v) is 29.2. The number of fused-ring (bicyclic) bond motifs is 4. The third kappa shape index (κ3) is 8.54. The van der Waals surface area contributed by atoms with Crippen LogP contribution in [0, 0.1) is 75.4 Å². The predicted molar refractivity (Wildman–Crippen MR) is 290 cm³/mol. The molecular formula is C64H81NO13. The van der Waals surface area contributed by atoms with Gasteiger partial charge in [0.15, 0.2) is 23.7 Å². The van der Waals surface area contributed by atoms with Crippen molar-refractivity contribution in [2.24, 2.45) is 75.4 Å². The van der Waals surface area contributed by atoms with Gasteiger partial charge in [-0.3, -0.25) is 4.79 Å². The summed E-state index contributed by atoms with van der Waals surface area (Å²) in [6.07, 6.45) is 19.7. The van der Waals surface area contributed by atoms with E-state index in [-0.39, 0.29) is 101 Å². The molecule has 12 aliphatic rings. The van der Waals surface area contributed by atoms with Gasteiger partial charge in [-0.15, -0.1) is 0 Å². The largest absolute Gasteiger partial charge is 0.504 e. The van der Waals surface area contributed by atoms with Crippen LogP contribution in [0.4, 0.5) is 0 Å². The number of aromatic hydroxyl groups is 1. The summed E-state index contributed by atoms with van der Waals surface area (Å²) in [5.41, 5.74) is 2.93. The molecule has 0 amide bonds. The summed E-state index contributed by atoms with van der Waals surface area (Å²) in [5, 5.41) is 82.5. The normalized spacial score (nSPS) is 43.3. The zero-order chi connectivity index (χ0) is 54.6. The maximum Gasteiger partial charge on any atom is 0.334 e. The van der Waals surface area contributed by atoms with E-state index in [1.54, 1.807) is 31.2 Å². The topological polar surface area (TPSA) is 225 Å². The molecule has 14 rings (SSSR count). The highest BCUT2D eigenvalue weighted by Crippen LogP contribution is 2.80. The Balaban J connectivity index is 0.872. The molecule has 8 N–H and O–H groups in total. The van der Waals surface area contributed by atoms with E-state index in [2.05, 4.69) is 55.6 Å². The quantitative estimate of drug-likeness (QED) is 0.0503. The van der Waals surface area contributed by atoms with Gasteiger partial charge in [-0.05, 0) is 182 Å².